The first kappa shape index (κ1) is 12.5. The van der Waals surface area contributed by atoms with Gasteiger partial charge in [0.05, 0.1) is 0 Å². The minimum atomic E-state index is -0.0189. The van der Waals surface area contributed by atoms with E-state index in [1.54, 1.807) is 0 Å². The molecule has 1 atom stereocenters. The van der Waals surface area contributed by atoms with E-state index in [0.29, 0.717) is 0 Å². The second-order valence-electron chi connectivity index (χ2n) is 4.54. The second-order valence-corrected chi connectivity index (χ2v) is 4.54. The Morgan fingerprint density at radius 1 is 0.933 bits per heavy atom. The molecule has 2 nitrogen and oxygen atoms in total. The van der Waals surface area contributed by atoms with Crippen LogP contribution < -0.4 is 0 Å². The fourth-order valence-electron chi connectivity index (χ4n) is 1.92. The highest BCUT2D eigenvalue weighted by molar-refractivity contribution is 5.87. The molecule has 0 spiro atoms. The summed E-state index contributed by atoms with van der Waals surface area (Å²) in [4.78, 5) is 10.5. The smallest absolute Gasteiger partial charge is 0.348 e. The van der Waals surface area contributed by atoms with Crippen LogP contribution in [0.1, 0.15) is 71.1 Å². The van der Waals surface area contributed by atoms with Crippen molar-refractivity contribution in [2.45, 2.75) is 77.2 Å². The Bertz CT molecular complexity index is 177. The molecule has 15 heavy (non-hydrogen) atoms. The van der Waals surface area contributed by atoms with Crippen LogP contribution in [0.4, 0.5) is 0 Å². The Morgan fingerprint density at radius 3 is 1.87 bits per heavy atom. The fourth-order valence-corrected chi connectivity index (χ4v) is 1.92. The van der Waals surface area contributed by atoms with Crippen molar-refractivity contribution in [2.75, 3.05) is 0 Å². The van der Waals surface area contributed by atoms with Crippen molar-refractivity contribution in [3.8, 4) is 0 Å². The van der Waals surface area contributed by atoms with Gasteiger partial charge in [0.25, 0.3) is 0 Å². The van der Waals surface area contributed by atoms with E-state index in [2.05, 4.69) is 6.92 Å². The minimum absolute atomic E-state index is 0.00886. The third-order valence-corrected chi connectivity index (χ3v) is 3.03. The molecule has 0 radical (unpaired) electrons. The van der Waals surface area contributed by atoms with Gasteiger partial charge in [-0.1, -0.05) is 58.3 Å². The molecule has 1 aliphatic rings. The predicted molar refractivity (Wildman–Crippen MR) is 61.7 cm³/mol. The van der Waals surface area contributed by atoms with Crippen LogP contribution in [-0.4, -0.2) is 12.1 Å². The summed E-state index contributed by atoms with van der Waals surface area (Å²) >= 11 is 0. The van der Waals surface area contributed by atoms with Crippen LogP contribution in [-0.2, 0) is 9.53 Å². The molecule has 0 amide bonds. The monoisotopic (exact) mass is 212 g/mol. The second kappa shape index (κ2) is 7.72. The highest BCUT2D eigenvalue weighted by Crippen LogP contribution is 2.20. The summed E-state index contributed by atoms with van der Waals surface area (Å²) < 4.78 is 4.75. The summed E-state index contributed by atoms with van der Waals surface area (Å²) in [7, 11) is 0. The fraction of sp³-hybridized carbons (Fsp3) is 0.923. The van der Waals surface area contributed by atoms with Crippen LogP contribution in [0.25, 0.3) is 0 Å². The lowest BCUT2D eigenvalue weighted by Crippen LogP contribution is -1.88. The molecule has 0 bridgehead atoms. The Kier molecular flexibility index (Phi) is 6.45. The van der Waals surface area contributed by atoms with Gasteiger partial charge in [-0.2, -0.15) is 0 Å². The maximum Gasteiger partial charge on any atom is 0.348 e. The zero-order valence-electron chi connectivity index (χ0n) is 9.96. The molecule has 0 aromatic rings. The van der Waals surface area contributed by atoms with Gasteiger partial charge in [-0.15, -0.1) is 0 Å². The van der Waals surface area contributed by atoms with Gasteiger partial charge in [-0.25, -0.2) is 4.79 Å². The topological polar surface area (TPSA) is 29.6 Å². The van der Waals surface area contributed by atoms with E-state index in [1.165, 1.54) is 51.4 Å². The van der Waals surface area contributed by atoms with Crippen molar-refractivity contribution in [1.82, 2.24) is 0 Å². The van der Waals surface area contributed by atoms with Gasteiger partial charge in [0.2, 0.25) is 0 Å². The largest absolute Gasteiger partial charge is 0.448 e. The molecular formula is C13H24O2. The number of ether oxygens (including phenoxy) is 1. The summed E-state index contributed by atoms with van der Waals surface area (Å²) in [5.41, 5.74) is 0. The molecule has 88 valence electrons. The third-order valence-electron chi connectivity index (χ3n) is 3.03. The Morgan fingerprint density at radius 2 is 1.40 bits per heavy atom. The van der Waals surface area contributed by atoms with Gasteiger partial charge in [-0.05, 0) is 12.8 Å². The number of carbonyl (C=O) groups excluding carboxylic acids is 1. The maximum absolute atomic E-state index is 10.5. The summed E-state index contributed by atoms with van der Waals surface area (Å²) in [5, 5.41) is 0. The van der Waals surface area contributed by atoms with Crippen molar-refractivity contribution < 1.29 is 9.53 Å². The van der Waals surface area contributed by atoms with E-state index in [1.807, 2.05) is 0 Å². The van der Waals surface area contributed by atoms with Crippen LogP contribution in [0.3, 0.4) is 0 Å². The standard InChI is InChI=1S/C13H24O2/c1-2-3-4-5-6-7-8-9-10-11-12-13(14)15-12/h12H,2-11H2,1H3. The molecule has 1 saturated heterocycles. The minimum Gasteiger partial charge on any atom is -0.448 e. The van der Waals surface area contributed by atoms with Crippen LogP contribution in [0.15, 0.2) is 0 Å². The first-order chi connectivity index (χ1) is 7.34. The van der Waals surface area contributed by atoms with E-state index in [-0.39, 0.29) is 12.1 Å². The summed E-state index contributed by atoms with van der Waals surface area (Å²) in [6, 6.07) is 0. The highest BCUT2D eigenvalue weighted by atomic mass is 16.6. The van der Waals surface area contributed by atoms with Crippen molar-refractivity contribution in [1.29, 1.82) is 0 Å². The summed E-state index contributed by atoms with van der Waals surface area (Å²) in [6.07, 6.45) is 13.0. The SMILES string of the molecule is CCCCCCCCCCCC1OC1=O. The van der Waals surface area contributed by atoms with Gasteiger partial charge in [-0.3, -0.25) is 0 Å². The molecule has 2 heteroatoms. The lowest BCUT2D eigenvalue weighted by molar-refractivity contribution is -0.117. The van der Waals surface area contributed by atoms with E-state index in [0.717, 1.165) is 12.8 Å². The van der Waals surface area contributed by atoms with Gasteiger partial charge in [0.15, 0.2) is 6.10 Å². The normalized spacial score (nSPS) is 19.0. The average Bonchev–Trinajstić information content (AvgIpc) is 2.92. The number of carbonyl (C=O) groups is 1. The number of cyclic esters (lactones) is 1. The van der Waals surface area contributed by atoms with E-state index in [4.69, 9.17) is 4.74 Å². The van der Waals surface area contributed by atoms with Crippen LogP contribution >= 0.6 is 0 Å². The van der Waals surface area contributed by atoms with Crippen molar-refractivity contribution in [2.24, 2.45) is 0 Å². The lowest BCUT2D eigenvalue weighted by atomic mass is 10.1. The molecule has 0 aliphatic carbocycles. The molecule has 0 aromatic heterocycles. The maximum atomic E-state index is 10.5. The average molecular weight is 212 g/mol. The van der Waals surface area contributed by atoms with Gasteiger partial charge in [0.1, 0.15) is 0 Å². The first-order valence-electron chi connectivity index (χ1n) is 6.55. The van der Waals surface area contributed by atoms with Crippen molar-refractivity contribution >= 4 is 5.97 Å². The molecule has 1 heterocycles. The van der Waals surface area contributed by atoms with E-state index < -0.39 is 0 Å². The molecule has 1 fully saturated rings. The molecule has 1 rings (SSSR count). The van der Waals surface area contributed by atoms with Crippen LogP contribution in [0.5, 0.6) is 0 Å². The zero-order valence-corrected chi connectivity index (χ0v) is 9.96. The van der Waals surface area contributed by atoms with E-state index >= 15 is 0 Å². The Labute approximate surface area is 93.4 Å². The van der Waals surface area contributed by atoms with Crippen molar-refractivity contribution in [3.63, 3.8) is 0 Å². The predicted octanol–water partition coefficient (Wildman–Crippen LogP) is 3.83. The summed E-state index contributed by atoms with van der Waals surface area (Å²) in [5.74, 6) is 0.00886. The van der Waals surface area contributed by atoms with Gasteiger partial charge < -0.3 is 4.74 Å². The number of hydrogen-bond donors (Lipinski definition) is 0. The molecule has 0 saturated carbocycles. The quantitative estimate of drug-likeness (QED) is 0.407. The number of hydrogen-bond acceptors (Lipinski definition) is 2. The molecule has 1 unspecified atom stereocenters. The number of epoxide rings is 1. The molecular weight excluding hydrogens is 188 g/mol. The van der Waals surface area contributed by atoms with Crippen LogP contribution in [0, 0.1) is 0 Å². The number of unbranched alkanes of at least 4 members (excludes halogenated alkanes) is 8. The Balaban J connectivity index is 1.68. The summed E-state index contributed by atoms with van der Waals surface area (Å²) in [6.45, 7) is 2.25. The third kappa shape index (κ3) is 6.53. The molecule has 0 aromatic carbocycles. The zero-order chi connectivity index (χ0) is 10.9. The van der Waals surface area contributed by atoms with E-state index in [9.17, 15) is 4.79 Å². The first-order valence-corrected chi connectivity index (χ1v) is 6.55. The molecule has 1 aliphatic heterocycles. The Hall–Kier alpha value is -0.530. The lowest BCUT2D eigenvalue weighted by Gasteiger charge is -2.00. The van der Waals surface area contributed by atoms with Crippen LogP contribution in [0.2, 0.25) is 0 Å². The van der Waals surface area contributed by atoms with Gasteiger partial charge >= 0.3 is 5.97 Å². The highest BCUT2D eigenvalue weighted by Gasteiger charge is 2.36. The number of rotatable bonds is 10. The molecule has 0 N–H and O–H groups in total. The van der Waals surface area contributed by atoms with Crippen molar-refractivity contribution in [3.05, 3.63) is 0 Å². The van der Waals surface area contributed by atoms with Gasteiger partial charge in [0, 0.05) is 0 Å².